The molecule has 92 valence electrons. The van der Waals surface area contributed by atoms with Crippen molar-refractivity contribution in [1.29, 1.82) is 0 Å². The van der Waals surface area contributed by atoms with Gasteiger partial charge >= 0.3 is 0 Å². The van der Waals surface area contributed by atoms with Crippen LogP contribution in [0.25, 0.3) is 0 Å². The van der Waals surface area contributed by atoms with Crippen molar-refractivity contribution in [3.8, 4) is 0 Å². The fourth-order valence-electron chi connectivity index (χ4n) is 1.15. The Bertz CT molecular complexity index is 437. The van der Waals surface area contributed by atoms with Crippen LogP contribution in [0, 0.1) is 5.82 Å². The van der Waals surface area contributed by atoms with Gasteiger partial charge < -0.3 is 10.6 Å². The average molecular weight is 303 g/mol. The quantitative estimate of drug-likeness (QED) is 0.827. The largest absolute Gasteiger partial charge is 0.355 e. The molecule has 6 heteroatoms. The van der Waals surface area contributed by atoms with E-state index in [0.29, 0.717) is 17.6 Å². The van der Waals surface area contributed by atoms with Gasteiger partial charge in [-0.05, 0) is 34.1 Å². The number of hydrogen-bond donors (Lipinski definition) is 2. The molecule has 0 saturated carbocycles. The van der Waals surface area contributed by atoms with Gasteiger partial charge in [0.15, 0.2) is 0 Å². The Morgan fingerprint density at radius 2 is 1.94 bits per heavy atom. The third-order valence-electron chi connectivity index (χ3n) is 1.97. The molecule has 0 spiro atoms. The lowest BCUT2D eigenvalue weighted by Gasteiger charge is -2.06. The van der Waals surface area contributed by atoms with Crippen LogP contribution in [0.1, 0.15) is 17.3 Å². The van der Waals surface area contributed by atoms with E-state index in [0.717, 1.165) is 6.07 Å². The monoisotopic (exact) mass is 302 g/mol. The molecule has 2 amide bonds. The van der Waals surface area contributed by atoms with Crippen LogP contribution < -0.4 is 10.6 Å². The zero-order valence-electron chi connectivity index (χ0n) is 9.22. The summed E-state index contributed by atoms with van der Waals surface area (Å²) in [5.74, 6) is -1.02. The maximum Gasteiger partial charge on any atom is 0.251 e. The van der Waals surface area contributed by atoms with E-state index in [-0.39, 0.29) is 17.4 Å². The van der Waals surface area contributed by atoms with E-state index >= 15 is 0 Å². The summed E-state index contributed by atoms with van der Waals surface area (Å²) in [5.41, 5.74) is 0.244. The van der Waals surface area contributed by atoms with Gasteiger partial charge in [-0.15, -0.1) is 0 Å². The number of benzene rings is 1. The van der Waals surface area contributed by atoms with Crippen LogP contribution in [0.15, 0.2) is 22.7 Å². The highest BCUT2D eigenvalue weighted by atomic mass is 79.9. The highest BCUT2D eigenvalue weighted by molar-refractivity contribution is 9.10. The Kier molecular flexibility index (Phi) is 5.09. The number of nitrogens with one attached hydrogen (secondary N) is 2. The highest BCUT2D eigenvalue weighted by Crippen LogP contribution is 2.16. The van der Waals surface area contributed by atoms with Gasteiger partial charge in [-0.2, -0.15) is 0 Å². The van der Waals surface area contributed by atoms with Crippen LogP contribution in [0.2, 0.25) is 0 Å². The average Bonchev–Trinajstić information content (AvgIpc) is 2.27. The van der Waals surface area contributed by atoms with E-state index in [1.807, 2.05) is 0 Å². The standard InChI is InChI=1S/C11H12BrFN2O2/c1-7(16)14-4-5-15-11(17)8-2-3-9(12)10(13)6-8/h2-3,6H,4-5H2,1H3,(H,14,16)(H,15,17). The maximum atomic E-state index is 13.1. The smallest absolute Gasteiger partial charge is 0.251 e. The normalized spacial score (nSPS) is 9.82. The van der Waals surface area contributed by atoms with Crippen molar-refractivity contribution in [3.63, 3.8) is 0 Å². The number of hydrogen-bond acceptors (Lipinski definition) is 2. The van der Waals surface area contributed by atoms with E-state index in [2.05, 4.69) is 26.6 Å². The van der Waals surface area contributed by atoms with Crippen LogP contribution in [0.4, 0.5) is 4.39 Å². The van der Waals surface area contributed by atoms with Gasteiger partial charge in [-0.25, -0.2) is 4.39 Å². The first-order valence-corrected chi connectivity index (χ1v) is 5.77. The molecule has 0 aliphatic heterocycles. The number of carbonyl (C=O) groups is 2. The van der Waals surface area contributed by atoms with E-state index < -0.39 is 5.82 Å². The maximum absolute atomic E-state index is 13.1. The minimum Gasteiger partial charge on any atom is -0.355 e. The lowest BCUT2D eigenvalue weighted by atomic mass is 10.2. The molecule has 0 radical (unpaired) electrons. The molecule has 0 heterocycles. The molecule has 0 aromatic heterocycles. The molecule has 0 aliphatic carbocycles. The minimum absolute atomic E-state index is 0.158. The van der Waals surface area contributed by atoms with Gasteiger partial charge in [0.05, 0.1) is 4.47 Å². The summed E-state index contributed by atoms with van der Waals surface area (Å²) >= 11 is 3.00. The second kappa shape index (κ2) is 6.34. The second-order valence-electron chi connectivity index (χ2n) is 3.37. The van der Waals surface area contributed by atoms with Crippen molar-refractivity contribution in [2.24, 2.45) is 0 Å². The van der Waals surface area contributed by atoms with Crippen LogP contribution in [-0.2, 0) is 4.79 Å². The molecule has 2 N–H and O–H groups in total. The Labute approximate surface area is 107 Å². The van der Waals surface area contributed by atoms with Crippen molar-refractivity contribution in [3.05, 3.63) is 34.1 Å². The zero-order chi connectivity index (χ0) is 12.8. The van der Waals surface area contributed by atoms with E-state index in [1.165, 1.54) is 19.1 Å². The fraction of sp³-hybridized carbons (Fsp3) is 0.273. The van der Waals surface area contributed by atoms with Gasteiger partial charge in [0, 0.05) is 25.6 Å². The Morgan fingerprint density at radius 3 is 2.53 bits per heavy atom. The summed E-state index contributed by atoms with van der Waals surface area (Å²) in [5, 5.41) is 5.10. The van der Waals surface area contributed by atoms with E-state index in [9.17, 15) is 14.0 Å². The van der Waals surface area contributed by atoms with E-state index in [4.69, 9.17) is 0 Å². The molecule has 1 aromatic carbocycles. The number of halogens is 2. The molecule has 0 atom stereocenters. The third-order valence-corrected chi connectivity index (χ3v) is 2.61. The summed E-state index contributed by atoms with van der Waals surface area (Å²) < 4.78 is 13.5. The third kappa shape index (κ3) is 4.52. The van der Waals surface area contributed by atoms with Crippen LogP contribution in [0.5, 0.6) is 0 Å². The van der Waals surface area contributed by atoms with Crippen molar-refractivity contribution in [2.45, 2.75) is 6.92 Å². The first-order chi connectivity index (χ1) is 8.00. The van der Waals surface area contributed by atoms with E-state index in [1.54, 1.807) is 0 Å². The number of carbonyl (C=O) groups excluding carboxylic acids is 2. The lowest BCUT2D eigenvalue weighted by Crippen LogP contribution is -2.33. The van der Waals surface area contributed by atoms with Crippen molar-refractivity contribution in [2.75, 3.05) is 13.1 Å². The summed E-state index contributed by atoms with van der Waals surface area (Å²) in [7, 11) is 0. The summed E-state index contributed by atoms with van der Waals surface area (Å²) in [6.07, 6.45) is 0. The Morgan fingerprint density at radius 1 is 1.29 bits per heavy atom. The molecule has 17 heavy (non-hydrogen) atoms. The first-order valence-electron chi connectivity index (χ1n) is 4.98. The number of rotatable bonds is 4. The first kappa shape index (κ1) is 13.6. The molecular formula is C11H12BrFN2O2. The summed E-state index contributed by atoms with van der Waals surface area (Å²) in [4.78, 5) is 22.1. The molecule has 4 nitrogen and oxygen atoms in total. The van der Waals surface area contributed by atoms with Crippen molar-refractivity contribution < 1.29 is 14.0 Å². The molecule has 1 rings (SSSR count). The van der Waals surface area contributed by atoms with Gasteiger partial charge in [-0.1, -0.05) is 0 Å². The van der Waals surface area contributed by atoms with Crippen LogP contribution in [-0.4, -0.2) is 24.9 Å². The predicted molar refractivity (Wildman–Crippen MR) is 65.1 cm³/mol. The highest BCUT2D eigenvalue weighted by Gasteiger charge is 2.07. The SMILES string of the molecule is CC(=O)NCCNC(=O)c1ccc(Br)c(F)c1. The minimum atomic E-state index is -0.487. The van der Waals surface area contributed by atoms with Gasteiger partial charge in [0.2, 0.25) is 5.91 Å². The fourth-order valence-corrected chi connectivity index (χ4v) is 1.40. The molecule has 0 unspecified atom stereocenters. The molecule has 0 bridgehead atoms. The molecule has 0 fully saturated rings. The molecule has 0 aliphatic rings. The predicted octanol–water partition coefficient (Wildman–Crippen LogP) is 1.45. The van der Waals surface area contributed by atoms with Gasteiger partial charge in [0.25, 0.3) is 5.91 Å². The van der Waals surface area contributed by atoms with Crippen LogP contribution in [0.3, 0.4) is 0 Å². The molecule has 0 saturated heterocycles. The van der Waals surface area contributed by atoms with Crippen LogP contribution >= 0.6 is 15.9 Å². The Hall–Kier alpha value is -1.43. The second-order valence-corrected chi connectivity index (χ2v) is 4.22. The topological polar surface area (TPSA) is 58.2 Å². The van der Waals surface area contributed by atoms with Crippen molar-refractivity contribution >= 4 is 27.7 Å². The van der Waals surface area contributed by atoms with Crippen molar-refractivity contribution in [1.82, 2.24) is 10.6 Å². The van der Waals surface area contributed by atoms with Gasteiger partial charge in [0.1, 0.15) is 5.82 Å². The molecular weight excluding hydrogens is 291 g/mol. The zero-order valence-corrected chi connectivity index (χ0v) is 10.8. The molecule has 1 aromatic rings. The summed E-state index contributed by atoms with van der Waals surface area (Å²) in [6.45, 7) is 2.04. The summed E-state index contributed by atoms with van der Waals surface area (Å²) in [6, 6.07) is 4.14. The Balaban J connectivity index is 2.47. The van der Waals surface area contributed by atoms with Gasteiger partial charge in [-0.3, -0.25) is 9.59 Å². The number of amides is 2. The lowest BCUT2D eigenvalue weighted by molar-refractivity contribution is -0.118.